The molecule has 5 heteroatoms. The molecule has 2 aliphatic rings. The van der Waals surface area contributed by atoms with E-state index in [1.165, 1.54) is 0 Å². The average Bonchev–Trinajstić information content (AvgIpc) is 2.63. The molecular weight excluding hydrogens is 252 g/mol. The van der Waals surface area contributed by atoms with Crippen LogP contribution in [0.15, 0.2) is 41.3 Å². The molecule has 1 aromatic rings. The topological polar surface area (TPSA) is 60.4 Å². The average molecular weight is 264 g/mol. The third kappa shape index (κ3) is 1.43. The molecule has 2 heterocycles. The molecule has 0 amide bonds. The number of ether oxygens (including phenoxy) is 1. The summed E-state index contributed by atoms with van der Waals surface area (Å²) in [5.74, 6) is -0.422. The van der Waals surface area contributed by atoms with E-state index >= 15 is 0 Å². The van der Waals surface area contributed by atoms with Crippen molar-refractivity contribution in [3.05, 3.63) is 42.0 Å². The van der Waals surface area contributed by atoms with Crippen LogP contribution in [0.1, 0.15) is 18.4 Å². The zero-order valence-electron chi connectivity index (χ0n) is 9.68. The van der Waals surface area contributed by atoms with Crippen molar-refractivity contribution < 1.29 is 17.9 Å². The number of carbonyl (C=O) groups excluding carboxylic acids is 1. The van der Waals surface area contributed by atoms with Gasteiger partial charge >= 0.3 is 5.97 Å². The quantitative estimate of drug-likeness (QED) is 0.527. The standard InChI is InChI=1S/C13H12O4S/c1-9-8-13(17-12(9)14)6-7-18(15,16)11-5-3-2-4-10(11)13/h2-5H,1,6-8H2/t13-/m0/s1. The van der Waals surface area contributed by atoms with E-state index in [9.17, 15) is 13.2 Å². The molecule has 18 heavy (non-hydrogen) atoms. The Morgan fingerprint density at radius 1 is 1.28 bits per heavy atom. The molecule has 94 valence electrons. The fraction of sp³-hybridized carbons (Fsp3) is 0.308. The van der Waals surface area contributed by atoms with Crippen molar-refractivity contribution in [1.82, 2.24) is 0 Å². The molecule has 2 aliphatic heterocycles. The van der Waals surface area contributed by atoms with Gasteiger partial charge in [-0.3, -0.25) is 0 Å². The molecule has 0 saturated carbocycles. The third-order valence-electron chi connectivity index (χ3n) is 3.56. The summed E-state index contributed by atoms with van der Waals surface area (Å²) < 4.78 is 29.4. The number of benzene rings is 1. The Morgan fingerprint density at radius 3 is 2.67 bits per heavy atom. The van der Waals surface area contributed by atoms with Crippen LogP contribution in [0.25, 0.3) is 0 Å². The summed E-state index contributed by atoms with van der Waals surface area (Å²) in [4.78, 5) is 11.8. The summed E-state index contributed by atoms with van der Waals surface area (Å²) in [5, 5.41) is 0. The Hall–Kier alpha value is -1.62. The number of rotatable bonds is 0. The molecule has 4 nitrogen and oxygen atoms in total. The minimum atomic E-state index is -3.26. The fourth-order valence-electron chi connectivity index (χ4n) is 2.65. The Balaban J connectivity index is 2.23. The van der Waals surface area contributed by atoms with E-state index in [0.717, 1.165) is 0 Å². The Morgan fingerprint density at radius 2 is 2.00 bits per heavy atom. The second-order valence-corrected chi connectivity index (χ2v) is 6.81. The zero-order valence-corrected chi connectivity index (χ0v) is 10.5. The van der Waals surface area contributed by atoms with Gasteiger partial charge in [-0.15, -0.1) is 0 Å². The van der Waals surface area contributed by atoms with Gasteiger partial charge in [0.15, 0.2) is 9.84 Å². The van der Waals surface area contributed by atoms with Crippen LogP contribution in [-0.2, 0) is 25.0 Å². The van der Waals surface area contributed by atoms with Crippen LogP contribution < -0.4 is 0 Å². The molecule has 1 saturated heterocycles. The maximum atomic E-state index is 12.0. The van der Waals surface area contributed by atoms with Crippen LogP contribution in [0.2, 0.25) is 0 Å². The van der Waals surface area contributed by atoms with Crippen molar-refractivity contribution in [2.45, 2.75) is 23.3 Å². The summed E-state index contributed by atoms with van der Waals surface area (Å²) in [7, 11) is -3.26. The Labute approximate surface area is 105 Å². The second kappa shape index (κ2) is 3.45. The summed E-state index contributed by atoms with van der Waals surface area (Å²) in [6.45, 7) is 3.67. The van der Waals surface area contributed by atoms with E-state index in [1.54, 1.807) is 24.3 Å². The van der Waals surface area contributed by atoms with E-state index in [0.29, 0.717) is 24.0 Å². The first-order valence-electron chi connectivity index (χ1n) is 5.68. The van der Waals surface area contributed by atoms with Gasteiger partial charge in [0, 0.05) is 24.0 Å². The van der Waals surface area contributed by atoms with Gasteiger partial charge in [-0.05, 0) is 6.07 Å². The molecule has 0 radical (unpaired) electrons. The first-order chi connectivity index (χ1) is 8.45. The van der Waals surface area contributed by atoms with Crippen molar-refractivity contribution >= 4 is 15.8 Å². The van der Waals surface area contributed by atoms with Gasteiger partial charge in [-0.2, -0.15) is 0 Å². The lowest BCUT2D eigenvalue weighted by Gasteiger charge is -2.33. The molecule has 0 bridgehead atoms. The maximum Gasteiger partial charge on any atom is 0.334 e. The van der Waals surface area contributed by atoms with E-state index in [1.807, 2.05) is 0 Å². The van der Waals surface area contributed by atoms with Crippen molar-refractivity contribution in [1.29, 1.82) is 0 Å². The van der Waals surface area contributed by atoms with Gasteiger partial charge < -0.3 is 4.74 Å². The van der Waals surface area contributed by atoms with Crippen molar-refractivity contribution in [3.8, 4) is 0 Å². The fourth-order valence-corrected chi connectivity index (χ4v) is 4.34. The number of fused-ring (bicyclic) bond motifs is 2. The normalized spacial score (nSPS) is 29.1. The first-order valence-corrected chi connectivity index (χ1v) is 7.33. The number of carbonyl (C=O) groups is 1. The minimum absolute atomic E-state index is 0.00454. The number of sulfone groups is 1. The summed E-state index contributed by atoms with van der Waals surface area (Å²) >= 11 is 0. The van der Waals surface area contributed by atoms with Crippen molar-refractivity contribution in [2.24, 2.45) is 0 Å². The molecule has 0 N–H and O–H groups in total. The zero-order chi connectivity index (χ0) is 13.0. The lowest BCUT2D eigenvalue weighted by Crippen LogP contribution is -2.35. The highest BCUT2D eigenvalue weighted by Gasteiger charge is 2.49. The molecule has 0 aromatic heterocycles. The van der Waals surface area contributed by atoms with E-state index in [2.05, 4.69) is 6.58 Å². The van der Waals surface area contributed by atoms with E-state index in [4.69, 9.17) is 4.74 Å². The van der Waals surface area contributed by atoms with Gasteiger partial charge in [0.1, 0.15) is 5.60 Å². The molecule has 1 atom stereocenters. The molecular formula is C13H12O4S. The third-order valence-corrected chi connectivity index (χ3v) is 5.33. The summed E-state index contributed by atoms with van der Waals surface area (Å²) in [5.41, 5.74) is 0.170. The van der Waals surface area contributed by atoms with Crippen molar-refractivity contribution in [2.75, 3.05) is 5.75 Å². The predicted octanol–water partition coefficient (Wildman–Crippen LogP) is 1.56. The van der Waals surface area contributed by atoms with Gasteiger partial charge in [0.2, 0.25) is 0 Å². The Kier molecular flexibility index (Phi) is 2.20. The smallest absolute Gasteiger partial charge is 0.334 e. The molecule has 0 unspecified atom stereocenters. The monoisotopic (exact) mass is 264 g/mol. The van der Waals surface area contributed by atoms with Crippen LogP contribution in [0.3, 0.4) is 0 Å². The Bertz CT molecular complexity index is 641. The van der Waals surface area contributed by atoms with E-state index < -0.39 is 21.4 Å². The number of hydrogen-bond donors (Lipinski definition) is 0. The summed E-state index contributed by atoms with van der Waals surface area (Å²) in [6, 6.07) is 6.73. The van der Waals surface area contributed by atoms with Gasteiger partial charge in [-0.25, -0.2) is 13.2 Å². The van der Waals surface area contributed by atoms with Gasteiger partial charge in [0.05, 0.1) is 10.6 Å². The SMILES string of the molecule is C=C1C[C@]2(CCS(=O)(=O)c3ccccc32)OC1=O. The van der Waals surface area contributed by atoms with Crippen molar-refractivity contribution in [3.63, 3.8) is 0 Å². The first kappa shape index (κ1) is 11.5. The predicted molar refractivity (Wildman–Crippen MR) is 64.6 cm³/mol. The highest BCUT2D eigenvalue weighted by molar-refractivity contribution is 7.91. The molecule has 1 fully saturated rings. The van der Waals surface area contributed by atoms with Crippen LogP contribution >= 0.6 is 0 Å². The molecule has 1 aromatic carbocycles. The lowest BCUT2D eigenvalue weighted by molar-refractivity contribution is -0.147. The summed E-state index contributed by atoms with van der Waals surface area (Å²) in [6.07, 6.45) is 0.676. The van der Waals surface area contributed by atoms with Crippen LogP contribution in [0.4, 0.5) is 0 Å². The lowest BCUT2D eigenvalue weighted by atomic mass is 9.87. The molecule has 1 spiro atoms. The van der Waals surface area contributed by atoms with Crippen LogP contribution in [-0.4, -0.2) is 20.1 Å². The van der Waals surface area contributed by atoms with Crippen LogP contribution in [0, 0.1) is 0 Å². The van der Waals surface area contributed by atoms with Gasteiger partial charge in [-0.1, -0.05) is 24.8 Å². The number of hydrogen-bond acceptors (Lipinski definition) is 4. The molecule has 3 rings (SSSR count). The minimum Gasteiger partial charge on any atom is -0.450 e. The van der Waals surface area contributed by atoms with Crippen LogP contribution in [0.5, 0.6) is 0 Å². The highest BCUT2D eigenvalue weighted by atomic mass is 32.2. The highest BCUT2D eigenvalue weighted by Crippen LogP contribution is 2.47. The molecule has 0 aliphatic carbocycles. The maximum absolute atomic E-state index is 12.0. The largest absolute Gasteiger partial charge is 0.450 e. The van der Waals surface area contributed by atoms with Gasteiger partial charge in [0.25, 0.3) is 0 Å². The second-order valence-electron chi connectivity index (χ2n) is 4.73. The number of esters is 1. The van der Waals surface area contributed by atoms with E-state index in [-0.39, 0.29) is 10.6 Å².